The molecule has 0 amide bonds. The molecule has 1 aliphatic heterocycles. The zero-order valence-electron chi connectivity index (χ0n) is 8.85. The van der Waals surface area contributed by atoms with Crippen LogP contribution in [0.15, 0.2) is 16.5 Å². The molecular weight excluding hydrogens is 212 g/mol. The van der Waals surface area contributed by atoms with Crippen LogP contribution in [0.25, 0.3) is 0 Å². The van der Waals surface area contributed by atoms with E-state index in [-0.39, 0.29) is 5.88 Å². The molecule has 0 saturated carbocycles. The molecule has 0 spiro atoms. The minimum atomic E-state index is -0.551. The molecule has 1 aliphatic rings. The third-order valence-electron chi connectivity index (χ3n) is 2.59. The highest BCUT2D eigenvalue weighted by Crippen LogP contribution is 2.17. The monoisotopic (exact) mass is 226 g/mol. The van der Waals surface area contributed by atoms with Gasteiger partial charge in [0.15, 0.2) is 0 Å². The molecule has 88 valence electrons. The summed E-state index contributed by atoms with van der Waals surface area (Å²) >= 11 is 0. The molecule has 0 bridgehead atoms. The van der Waals surface area contributed by atoms with Crippen LogP contribution in [0.1, 0.15) is 12.2 Å². The smallest absolute Gasteiger partial charge is 0.403 e. The highest BCUT2D eigenvalue weighted by molar-refractivity contribution is 5.17. The van der Waals surface area contributed by atoms with Crippen molar-refractivity contribution in [1.29, 1.82) is 0 Å². The zero-order chi connectivity index (χ0) is 11.4. The fourth-order valence-corrected chi connectivity index (χ4v) is 1.73. The molecule has 1 unspecified atom stereocenters. The first-order valence-corrected chi connectivity index (χ1v) is 5.27. The summed E-state index contributed by atoms with van der Waals surface area (Å²) < 4.78 is 10.4. The van der Waals surface area contributed by atoms with Gasteiger partial charge in [-0.3, -0.25) is 10.1 Å². The number of rotatable bonds is 5. The van der Waals surface area contributed by atoms with Crippen molar-refractivity contribution in [3.63, 3.8) is 0 Å². The molecular formula is C10H14N2O4. The van der Waals surface area contributed by atoms with Crippen molar-refractivity contribution < 1.29 is 14.1 Å². The third kappa shape index (κ3) is 2.80. The summed E-state index contributed by atoms with van der Waals surface area (Å²) in [6, 6.07) is 2.92. The van der Waals surface area contributed by atoms with E-state index >= 15 is 0 Å². The second-order valence-electron chi connectivity index (χ2n) is 3.87. The summed E-state index contributed by atoms with van der Waals surface area (Å²) in [4.78, 5) is 9.81. The maximum atomic E-state index is 10.4. The zero-order valence-corrected chi connectivity index (χ0v) is 8.85. The Hall–Kier alpha value is -1.40. The fraction of sp³-hybridized carbons (Fsp3) is 0.600. The topological polar surface area (TPSA) is 77.5 Å². The summed E-state index contributed by atoms with van der Waals surface area (Å²) in [5, 5.41) is 13.6. The number of nitrogens with one attached hydrogen (secondary N) is 1. The van der Waals surface area contributed by atoms with Gasteiger partial charge in [-0.1, -0.05) is 0 Å². The van der Waals surface area contributed by atoms with E-state index in [1.807, 2.05) is 0 Å². The highest BCUT2D eigenvalue weighted by atomic mass is 16.6. The Kier molecular flexibility index (Phi) is 3.53. The van der Waals surface area contributed by atoms with Gasteiger partial charge in [0.05, 0.1) is 12.7 Å². The number of hydrogen-bond donors (Lipinski definition) is 1. The van der Waals surface area contributed by atoms with Crippen molar-refractivity contribution in [1.82, 2.24) is 5.32 Å². The van der Waals surface area contributed by atoms with Gasteiger partial charge in [0.25, 0.3) is 0 Å². The molecule has 1 fully saturated rings. The predicted octanol–water partition coefficient (Wildman–Crippen LogP) is 1.31. The van der Waals surface area contributed by atoms with Gasteiger partial charge in [0.1, 0.15) is 17.3 Å². The number of furan rings is 1. The first-order chi connectivity index (χ1) is 7.75. The summed E-state index contributed by atoms with van der Waals surface area (Å²) in [5.41, 5.74) is 0. The summed E-state index contributed by atoms with van der Waals surface area (Å²) in [6.07, 6.45) is 1.12. The minimum Gasteiger partial charge on any atom is -0.403 e. The van der Waals surface area contributed by atoms with Crippen molar-refractivity contribution >= 4 is 5.88 Å². The number of nitrogens with zero attached hydrogens (tertiary/aromatic N) is 1. The molecule has 0 aromatic carbocycles. The molecule has 6 heteroatoms. The first kappa shape index (κ1) is 11.1. The van der Waals surface area contributed by atoms with Crippen LogP contribution in [0.3, 0.4) is 0 Å². The molecule has 1 atom stereocenters. The van der Waals surface area contributed by atoms with Gasteiger partial charge in [0.2, 0.25) is 0 Å². The lowest BCUT2D eigenvalue weighted by Crippen LogP contribution is -2.13. The average molecular weight is 226 g/mol. The minimum absolute atomic E-state index is 0.235. The maximum Gasteiger partial charge on any atom is 0.433 e. The van der Waals surface area contributed by atoms with Crippen LogP contribution in [-0.4, -0.2) is 24.6 Å². The van der Waals surface area contributed by atoms with Crippen molar-refractivity contribution in [3.8, 4) is 0 Å². The van der Waals surface area contributed by atoms with Gasteiger partial charge in [-0.05, 0) is 24.9 Å². The Morgan fingerprint density at radius 3 is 3.12 bits per heavy atom. The second kappa shape index (κ2) is 5.09. The third-order valence-corrected chi connectivity index (χ3v) is 2.59. The highest BCUT2D eigenvalue weighted by Gasteiger charge is 2.15. The van der Waals surface area contributed by atoms with Crippen molar-refractivity contribution in [3.05, 3.63) is 28.0 Å². The van der Waals surface area contributed by atoms with E-state index in [9.17, 15) is 10.1 Å². The Balaban J connectivity index is 1.74. The summed E-state index contributed by atoms with van der Waals surface area (Å²) in [7, 11) is 0. The van der Waals surface area contributed by atoms with Gasteiger partial charge < -0.3 is 14.5 Å². The number of hydrogen-bond acceptors (Lipinski definition) is 5. The SMILES string of the molecule is O=[N+]([O-])c1ccc(COCC2CCNC2)o1. The van der Waals surface area contributed by atoms with E-state index in [2.05, 4.69) is 5.32 Å². The van der Waals surface area contributed by atoms with E-state index in [1.165, 1.54) is 6.07 Å². The van der Waals surface area contributed by atoms with Gasteiger partial charge >= 0.3 is 5.88 Å². The average Bonchev–Trinajstić information content (AvgIpc) is 2.87. The first-order valence-electron chi connectivity index (χ1n) is 5.27. The van der Waals surface area contributed by atoms with E-state index in [4.69, 9.17) is 9.15 Å². The molecule has 2 heterocycles. The molecule has 0 aliphatic carbocycles. The van der Waals surface area contributed by atoms with Crippen LogP contribution in [0, 0.1) is 16.0 Å². The van der Waals surface area contributed by atoms with Crippen LogP contribution in [0.4, 0.5) is 5.88 Å². The van der Waals surface area contributed by atoms with Crippen molar-refractivity contribution in [2.45, 2.75) is 13.0 Å². The summed E-state index contributed by atoms with van der Waals surface area (Å²) in [6.45, 7) is 2.99. The Labute approximate surface area is 92.7 Å². The number of nitro groups is 1. The van der Waals surface area contributed by atoms with Crippen molar-refractivity contribution in [2.75, 3.05) is 19.7 Å². The number of ether oxygens (including phenoxy) is 1. The summed E-state index contributed by atoms with van der Waals surface area (Å²) in [5.74, 6) is 0.809. The molecule has 0 radical (unpaired) electrons. The van der Waals surface area contributed by atoms with Crippen LogP contribution in [0.5, 0.6) is 0 Å². The van der Waals surface area contributed by atoms with E-state index < -0.39 is 4.92 Å². The van der Waals surface area contributed by atoms with Crippen LogP contribution < -0.4 is 5.32 Å². The Morgan fingerprint density at radius 1 is 1.62 bits per heavy atom. The van der Waals surface area contributed by atoms with Gasteiger partial charge in [-0.15, -0.1) is 0 Å². The van der Waals surface area contributed by atoms with Gasteiger partial charge in [-0.2, -0.15) is 0 Å². The quantitative estimate of drug-likeness (QED) is 0.605. The molecule has 1 aromatic rings. The predicted molar refractivity (Wildman–Crippen MR) is 56.0 cm³/mol. The van der Waals surface area contributed by atoms with E-state index in [0.717, 1.165) is 19.5 Å². The maximum absolute atomic E-state index is 10.4. The van der Waals surface area contributed by atoms with E-state index in [1.54, 1.807) is 6.07 Å². The van der Waals surface area contributed by atoms with Crippen molar-refractivity contribution in [2.24, 2.45) is 5.92 Å². The Bertz CT molecular complexity index is 357. The molecule has 6 nitrogen and oxygen atoms in total. The van der Waals surface area contributed by atoms with Gasteiger partial charge in [0, 0.05) is 6.54 Å². The van der Waals surface area contributed by atoms with Crippen LogP contribution >= 0.6 is 0 Å². The standard InChI is InChI=1S/C10H14N2O4/c13-12(14)10-2-1-9(16-10)7-15-6-8-3-4-11-5-8/h1-2,8,11H,3-7H2. The molecule has 1 aromatic heterocycles. The molecule has 2 rings (SSSR count). The van der Waals surface area contributed by atoms with Crippen LogP contribution in [0.2, 0.25) is 0 Å². The second-order valence-corrected chi connectivity index (χ2v) is 3.87. The van der Waals surface area contributed by atoms with E-state index in [0.29, 0.717) is 24.9 Å². The van der Waals surface area contributed by atoms with Crippen LogP contribution in [-0.2, 0) is 11.3 Å². The lowest BCUT2D eigenvalue weighted by molar-refractivity contribution is -0.402. The lowest BCUT2D eigenvalue weighted by atomic mass is 10.1. The molecule has 1 saturated heterocycles. The Morgan fingerprint density at radius 2 is 2.50 bits per heavy atom. The molecule has 16 heavy (non-hydrogen) atoms. The largest absolute Gasteiger partial charge is 0.433 e. The fourth-order valence-electron chi connectivity index (χ4n) is 1.73. The normalized spacial score (nSPS) is 20.1. The van der Waals surface area contributed by atoms with Gasteiger partial charge in [-0.25, -0.2) is 0 Å². The lowest BCUT2D eigenvalue weighted by Gasteiger charge is -2.07. The molecule has 1 N–H and O–H groups in total.